The number of benzene rings is 1. The monoisotopic (exact) mass is 366 g/mol. The largest absolute Gasteiger partial charge is 0.308 e. The summed E-state index contributed by atoms with van der Waals surface area (Å²) < 4.78 is 0.566. The number of halogens is 1. The van der Waals surface area contributed by atoms with Gasteiger partial charge in [-0.1, -0.05) is 12.1 Å². The maximum atomic E-state index is 10.9. The Morgan fingerprint density at radius 1 is 1.33 bits per heavy atom. The first kappa shape index (κ1) is 14.7. The summed E-state index contributed by atoms with van der Waals surface area (Å²) in [4.78, 5) is 13.4. The number of thiophene rings is 1. The fourth-order valence-electron chi connectivity index (χ4n) is 2.64. The SMILES string of the molecule is O=[N+]([O-])c1cccc(CNCc2cc3c(s2)CCC3)c1Br. The van der Waals surface area contributed by atoms with Crippen molar-refractivity contribution in [2.24, 2.45) is 0 Å². The van der Waals surface area contributed by atoms with Crippen LogP contribution in [0.2, 0.25) is 0 Å². The van der Waals surface area contributed by atoms with Crippen molar-refractivity contribution in [3.63, 3.8) is 0 Å². The summed E-state index contributed by atoms with van der Waals surface area (Å²) in [5, 5.41) is 14.3. The highest BCUT2D eigenvalue weighted by Gasteiger charge is 2.16. The lowest BCUT2D eigenvalue weighted by Gasteiger charge is -2.06. The molecule has 0 radical (unpaired) electrons. The highest BCUT2D eigenvalue weighted by Crippen LogP contribution is 2.31. The minimum Gasteiger partial charge on any atom is -0.308 e. The van der Waals surface area contributed by atoms with E-state index in [4.69, 9.17) is 0 Å². The van der Waals surface area contributed by atoms with Crippen LogP contribution in [0.5, 0.6) is 0 Å². The molecule has 0 spiro atoms. The quantitative estimate of drug-likeness (QED) is 0.637. The summed E-state index contributed by atoms with van der Waals surface area (Å²) in [6, 6.07) is 7.43. The molecule has 1 aliphatic rings. The lowest BCUT2D eigenvalue weighted by Crippen LogP contribution is -2.12. The first-order chi connectivity index (χ1) is 10.1. The predicted molar refractivity (Wildman–Crippen MR) is 87.7 cm³/mol. The fourth-order valence-corrected chi connectivity index (χ4v) is 4.42. The van der Waals surface area contributed by atoms with Crippen molar-refractivity contribution < 1.29 is 4.92 Å². The fraction of sp³-hybridized carbons (Fsp3) is 0.333. The van der Waals surface area contributed by atoms with Crippen LogP contribution in [0, 0.1) is 10.1 Å². The van der Waals surface area contributed by atoms with Gasteiger partial charge in [0.15, 0.2) is 0 Å². The molecular formula is C15H15BrN2O2S. The molecule has 0 fully saturated rings. The van der Waals surface area contributed by atoms with Gasteiger partial charge >= 0.3 is 0 Å². The van der Waals surface area contributed by atoms with Gasteiger partial charge in [-0.15, -0.1) is 11.3 Å². The van der Waals surface area contributed by atoms with Crippen molar-refractivity contribution >= 4 is 33.0 Å². The van der Waals surface area contributed by atoms with Crippen molar-refractivity contribution in [1.29, 1.82) is 0 Å². The molecule has 1 N–H and O–H groups in total. The number of fused-ring (bicyclic) bond motifs is 1. The van der Waals surface area contributed by atoms with E-state index in [2.05, 4.69) is 27.3 Å². The second kappa shape index (κ2) is 6.25. The van der Waals surface area contributed by atoms with E-state index in [9.17, 15) is 10.1 Å². The number of nitrogens with zero attached hydrogens (tertiary/aromatic N) is 1. The number of aryl methyl sites for hydroxylation is 2. The summed E-state index contributed by atoms with van der Waals surface area (Å²) in [5.41, 5.74) is 2.53. The Hall–Kier alpha value is -1.24. The minimum atomic E-state index is -0.364. The summed E-state index contributed by atoms with van der Waals surface area (Å²) in [6.07, 6.45) is 3.72. The van der Waals surface area contributed by atoms with E-state index in [0.29, 0.717) is 11.0 Å². The number of nitro groups is 1. The van der Waals surface area contributed by atoms with Crippen LogP contribution in [0.3, 0.4) is 0 Å². The summed E-state index contributed by atoms with van der Waals surface area (Å²) in [6.45, 7) is 1.43. The number of hydrogen-bond donors (Lipinski definition) is 1. The number of rotatable bonds is 5. The summed E-state index contributed by atoms with van der Waals surface area (Å²) in [7, 11) is 0. The van der Waals surface area contributed by atoms with Gasteiger partial charge in [-0.05, 0) is 52.4 Å². The lowest BCUT2D eigenvalue weighted by atomic mass is 10.2. The van der Waals surface area contributed by atoms with Crippen molar-refractivity contribution in [2.45, 2.75) is 32.4 Å². The average molecular weight is 367 g/mol. The molecule has 0 saturated heterocycles. The van der Waals surface area contributed by atoms with Gasteiger partial charge in [-0.2, -0.15) is 0 Å². The van der Waals surface area contributed by atoms with Gasteiger partial charge in [0.25, 0.3) is 5.69 Å². The topological polar surface area (TPSA) is 55.2 Å². The zero-order valence-electron chi connectivity index (χ0n) is 11.4. The second-order valence-electron chi connectivity index (χ2n) is 5.13. The molecular weight excluding hydrogens is 352 g/mol. The van der Waals surface area contributed by atoms with Gasteiger partial charge in [0.2, 0.25) is 0 Å². The van der Waals surface area contributed by atoms with Crippen molar-refractivity contribution in [3.05, 3.63) is 59.7 Å². The van der Waals surface area contributed by atoms with E-state index < -0.39 is 0 Å². The van der Waals surface area contributed by atoms with Crippen molar-refractivity contribution in [2.75, 3.05) is 0 Å². The molecule has 1 aliphatic carbocycles. The Labute approximate surface area is 135 Å². The molecule has 0 amide bonds. The Morgan fingerprint density at radius 3 is 2.95 bits per heavy atom. The van der Waals surface area contributed by atoms with E-state index in [1.165, 1.54) is 40.6 Å². The molecule has 21 heavy (non-hydrogen) atoms. The Kier molecular flexibility index (Phi) is 4.37. The molecule has 0 atom stereocenters. The standard InChI is InChI=1S/C15H15BrN2O2S/c16-15-11(4-1-5-13(15)18(19)20)8-17-9-12-7-10-3-2-6-14(10)21-12/h1,4-5,7,17H,2-3,6,8-9H2. The molecule has 4 nitrogen and oxygen atoms in total. The number of hydrogen-bond acceptors (Lipinski definition) is 4. The van der Waals surface area contributed by atoms with Crippen LogP contribution < -0.4 is 5.32 Å². The second-order valence-corrected chi connectivity index (χ2v) is 7.14. The zero-order valence-corrected chi connectivity index (χ0v) is 13.8. The number of nitrogens with one attached hydrogen (secondary N) is 1. The molecule has 6 heteroatoms. The lowest BCUT2D eigenvalue weighted by molar-refractivity contribution is -0.385. The van der Waals surface area contributed by atoms with Crippen molar-refractivity contribution in [3.8, 4) is 0 Å². The Balaban J connectivity index is 1.62. The Bertz CT molecular complexity index is 663. The molecule has 0 unspecified atom stereocenters. The normalized spacial score (nSPS) is 13.4. The molecule has 0 saturated carbocycles. The highest BCUT2D eigenvalue weighted by atomic mass is 79.9. The van der Waals surface area contributed by atoms with Crippen LogP contribution in [0.15, 0.2) is 28.7 Å². The maximum absolute atomic E-state index is 10.9. The summed E-state index contributed by atoms with van der Waals surface area (Å²) >= 11 is 5.21. The maximum Gasteiger partial charge on any atom is 0.283 e. The van der Waals surface area contributed by atoms with E-state index in [1.54, 1.807) is 6.07 Å². The zero-order chi connectivity index (χ0) is 14.8. The van der Waals surface area contributed by atoms with Gasteiger partial charge in [-0.3, -0.25) is 10.1 Å². The van der Waals surface area contributed by atoms with Crippen molar-refractivity contribution in [1.82, 2.24) is 5.32 Å². The van der Waals surface area contributed by atoms with E-state index in [1.807, 2.05) is 17.4 Å². The predicted octanol–water partition coefficient (Wildman–Crippen LogP) is 4.20. The van der Waals surface area contributed by atoms with Crippen LogP contribution >= 0.6 is 27.3 Å². The molecule has 3 rings (SSSR count). The van der Waals surface area contributed by atoms with Gasteiger partial charge in [0.1, 0.15) is 0 Å². The molecule has 110 valence electrons. The van der Waals surface area contributed by atoms with Gasteiger partial charge in [0.05, 0.1) is 9.40 Å². The molecule has 1 heterocycles. The van der Waals surface area contributed by atoms with Crippen LogP contribution in [-0.2, 0) is 25.9 Å². The van der Waals surface area contributed by atoms with Crippen LogP contribution in [0.1, 0.15) is 27.3 Å². The third-order valence-corrected chi connectivity index (χ3v) is 5.82. The van der Waals surface area contributed by atoms with Crippen LogP contribution in [0.4, 0.5) is 5.69 Å². The van der Waals surface area contributed by atoms with Gasteiger partial charge in [0, 0.05) is 28.9 Å². The smallest absolute Gasteiger partial charge is 0.283 e. The highest BCUT2D eigenvalue weighted by molar-refractivity contribution is 9.10. The average Bonchev–Trinajstić information content (AvgIpc) is 3.01. The van der Waals surface area contributed by atoms with Crippen LogP contribution in [-0.4, -0.2) is 4.92 Å². The first-order valence-corrected chi connectivity index (χ1v) is 8.49. The van der Waals surface area contributed by atoms with E-state index >= 15 is 0 Å². The Morgan fingerprint density at radius 2 is 2.19 bits per heavy atom. The molecule has 2 aromatic rings. The molecule has 0 aliphatic heterocycles. The molecule has 1 aromatic heterocycles. The first-order valence-electron chi connectivity index (χ1n) is 6.88. The van der Waals surface area contributed by atoms with Crippen LogP contribution in [0.25, 0.3) is 0 Å². The molecule has 0 bridgehead atoms. The minimum absolute atomic E-state index is 0.115. The summed E-state index contributed by atoms with van der Waals surface area (Å²) in [5.74, 6) is 0. The molecule has 1 aromatic carbocycles. The third kappa shape index (κ3) is 3.17. The van der Waals surface area contributed by atoms with E-state index in [0.717, 1.165) is 12.1 Å². The van der Waals surface area contributed by atoms with Gasteiger partial charge < -0.3 is 5.32 Å². The third-order valence-electron chi connectivity index (χ3n) is 3.67. The number of nitro benzene ring substituents is 1. The van der Waals surface area contributed by atoms with E-state index in [-0.39, 0.29) is 10.6 Å². The van der Waals surface area contributed by atoms with Gasteiger partial charge in [-0.25, -0.2) is 0 Å².